The molecule has 0 fully saturated rings. The van der Waals surface area contributed by atoms with Crippen LogP contribution in [-0.2, 0) is 16.4 Å². The Bertz CT molecular complexity index is 1490. The number of para-hydroxylation sites is 1. The summed E-state index contributed by atoms with van der Waals surface area (Å²) in [7, 11) is -2.97. The maximum atomic E-state index is 11.4. The maximum Gasteiger partial charge on any atom is 0.148 e. The predicted molar refractivity (Wildman–Crippen MR) is 154 cm³/mol. The zero-order valence-electron chi connectivity index (χ0n) is 21.2. The number of benzene rings is 3. The van der Waals surface area contributed by atoms with Crippen LogP contribution in [0, 0.1) is 5.92 Å². The molecule has 2 aliphatic heterocycles. The van der Waals surface area contributed by atoms with E-state index in [1.807, 2.05) is 72.9 Å². The van der Waals surface area contributed by atoms with Crippen LogP contribution in [0.5, 0.6) is 11.5 Å². The highest BCUT2D eigenvalue weighted by Crippen LogP contribution is 2.29. The van der Waals surface area contributed by atoms with Gasteiger partial charge < -0.3 is 15.0 Å². The number of nitrogens with one attached hydrogen (secondary N) is 1. The molecule has 194 valence electrons. The fraction of sp³-hybridized carbons (Fsp3) is 0.200. The van der Waals surface area contributed by atoms with Gasteiger partial charge in [-0.25, -0.2) is 8.42 Å². The highest BCUT2D eigenvalue weighted by molar-refractivity contribution is 7.90. The Hall–Kier alpha value is -4.01. The highest BCUT2D eigenvalue weighted by atomic mass is 32.2. The molecule has 0 radical (unpaired) electrons. The first-order chi connectivity index (χ1) is 18.4. The number of sulfone groups is 1. The quantitative estimate of drug-likeness (QED) is 0.383. The zero-order chi connectivity index (χ0) is 26.4. The molecule has 5 rings (SSSR count). The van der Waals surface area contributed by atoms with Gasteiger partial charge >= 0.3 is 0 Å². The van der Waals surface area contributed by atoms with E-state index >= 15 is 0 Å². The summed E-state index contributed by atoms with van der Waals surface area (Å²) in [4.78, 5) is 11.6. The lowest BCUT2D eigenvalue weighted by molar-refractivity contribution is 0.483. The molecule has 7 nitrogen and oxygen atoms in total. The van der Waals surface area contributed by atoms with E-state index in [1.165, 1.54) is 6.26 Å². The Labute approximate surface area is 223 Å². The largest absolute Gasteiger partial charge is 0.457 e. The summed E-state index contributed by atoms with van der Waals surface area (Å²) in [5.41, 5.74) is 5.01. The van der Waals surface area contributed by atoms with Crippen molar-refractivity contribution in [1.82, 2.24) is 5.32 Å². The van der Waals surface area contributed by atoms with Crippen molar-refractivity contribution >= 4 is 33.1 Å². The van der Waals surface area contributed by atoms with E-state index in [-0.39, 0.29) is 11.7 Å². The number of hydrogen-bond donors (Lipinski definition) is 1. The van der Waals surface area contributed by atoms with E-state index in [1.54, 1.807) is 0 Å². The number of aliphatic imine (C=N–C) groups is 2. The van der Waals surface area contributed by atoms with Crippen molar-refractivity contribution in [3.05, 3.63) is 108 Å². The molecule has 0 saturated heterocycles. The lowest BCUT2D eigenvalue weighted by Crippen LogP contribution is -2.27. The van der Waals surface area contributed by atoms with Gasteiger partial charge in [-0.2, -0.15) is 0 Å². The molecule has 3 aromatic carbocycles. The minimum absolute atomic E-state index is 0.0836. The Morgan fingerprint density at radius 3 is 2.61 bits per heavy atom. The Morgan fingerprint density at radius 2 is 1.82 bits per heavy atom. The van der Waals surface area contributed by atoms with Crippen molar-refractivity contribution in [2.75, 3.05) is 30.0 Å². The van der Waals surface area contributed by atoms with Crippen molar-refractivity contribution in [2.24, 2.45) is 15.9 Å². The number of fused-ring (bicyclic) bond motifs is 1. The van der Waals surface area contributed by atoms with Gasteiger partial charge in [0, 0.05) is 55.1 Å². The second kappa shape index (κ2) is 11.6. The number of allylic oxidation sites excluding steroid dienone is 1. The molecule has 0 bridgehead atoms. The zero-order valence-corrected chi connectivity index (χ0v) is 22.0. The van der Waals surface area contributed by atoms with Gasteiger partial charge in [-0.1, -0.05) is 36.4 Å². The average Bonchev–Trinajstić information content (AvgIpc) is 2.92. The van der Waals surface area contributed by atoms with Crippen molar-refractivity contribution in [2.45, 2.75) is 6.54 Å². The summed E-state index contributed by atoms with van der Waals surface area (Å²) in [6, 6.07) is 25.7. The monoisotopic (exact) mass is 526 g/mol. The van der Waals surface area contributed by atoms with Crippen LogP contribution in [0.1, 0.15) is 5.56 Å². The van der Waals surface area contributed by atoms with E-state index in [4.69, 9.17) is 9.73 Å². The van der Waals surface area contributed by atoms with E-state index < -0.39 is 9.84 Å². The van der Waals surface area contributed by atoms with Crippen molar-refractivity contribution < 1.29 is 13.2 Å². The van der Waals surface area contributed by atoms with Gasteiger partial charge in [-0.3, -0.25) is 9.98 Å². The molecule has 0 saturated carbocycles. The van der Waals surface area contributed by atoms with Crippen molar-refractivity contribution in [3.63, 3.8) is 0 Å². The summed E-state index contributed by atoms with van der Waals surface area (Å²) in [6.07, 6.45) is 9.52. The second-order valence-corrected chi connectivity index (χ2v) is 11.6. The van der Waals surface area contributed by atoms with Crippen LogP contribution in [0.3, 0.4) is 0 Å². The third kappa shape index (κ3) is 6.85. The van der Waals surface area contributed by atoms with Crippen LogP contribution in [0.2, 0.25) is 0 Å². The van der Waals surface area contributed by atoms with Gasteiger partial charge in [0.15, 0.2) is 0 Å². The van der Waals surface area contributed by atoms with Gasteiger partial charge in [-0.05, 0) is 54.1 Å². The number of ether oxygens (including phenoxy) is 1. The Kier molecular flexibility index (Phi) is 7.81. The van der Waals surface area contributed by atoms with Gasteiger partial charge in [0.25, 0.3) is 0 Å². The Balaban J connectivity index is 1.30. The van der Waals surface area contributed by atoms with E-state index in [9.17, 15) is 8.42 Å². The third-order valence-corrected chi connectivity index (χ3v) is 7.14. The molecular formula is C30H30N4O3S. The minimum atomic E-state index is -2.97. The van der Waals surface area contributed by atoms with E-state index in [0.717, 1.165) is 39.7 Å². The molecule has 2 aliphatic rings. The number of hydrogen-bond acceptors (Lipinski definition) is 7. The van der Waals surface area contributed by atoms with Crippen molar-refractivity contribution in [1.29, 1.82) is 0 Å². The van der Waals surface area contributed by atoms with Gasteiger partial charge in [0.1, 0.15) is 21.3 Å². The molecule has 38 heavy (non-hydrogen) atoms. The molecule has 1 unspecified atom stereocenters. The first-order valence-corrected chi connectivity index (χ1v) is 14.6. The summed E-state index contributed by atoms with van der Waals surface area (Å²) in [5, 5.41) is 3.21. The van der Waals surface area contributed by atoms with Crippen molar-refractivity contribution in [3.8, 4) is 11.5 Å². The second-order valence-electron chi connectivity index (χ2n) is 9.29. The topological polar surface area (TPSA) is 83.4 Å². The predicted octanol–water partition coefficient (Wildman–Crippen LogP) is 5.30. The fourth-order valence-corrected chi connectivity index (χ4v) is 4.77. The smallest absolute Gasteiger partial charge is 0.148 e. The molecule has 2 heterocycles. The normalized spacial score (nSPS) is 17.8. The molecule has 1 atom stereocenters. The summed E-state index contributed by atoms with van der Waals surface area (Å²) in [6.45, 7) is 1.55. The molecule has 0 aromatic heterocycles. The molecule has 0 aliphatic carbocycles. The van der Waals surface area contributed by atoms with Crippen LogP contribution < -0.4 is 15.0 Å². The Morgan fingerprint density at radius 1 is 1.03 bits per heavy atom. The molecular weight excluding hydrogens is 496 g/mol. The SMILES string of the molecule is CS(=O)(=O)CCNCc1cccc(N2C=CC3C=NCC(=Nc4ccc(Oc5ccccc5)cc4)C3=C2)c1. The molecule has 1 N–H and O–H groups in total. The van der Waals surface area contributed by atoms with Gasteiger partial charge in [-0.15, -0.1) is 0 Å². The van der Waals surface area contributed by atoms with Gasteiger partial charge in [0.2, 0.25) is 0 Å². The average molecular weight is 527 g/mol. The summed E-state index contributed by atoms with van der Waals surface area (Å²) >= 11 is 0. The summed E-state index contributed by atoms with van der Waals surface area (Å²) < 4.78 is 28.6. The maximum absolute atomic E-state index is 11.4. The fourth-order valence-electron chi connectivity index (χ4n) is 4.26. The molecule has 0 spiro atoms. The van der Waals surface area contributed by atoms with Crippen LogP contribution in [0.4, 0.5) is 11.4 Å². The highest BCUT2D eigenvalue weighted by Gasteiger charge is 2.23. The van der Waals surface area contributed by atoms with Crippen LogP contribution in [-0.4, -0.2) is 45.4 Å². The molecule has 8 heteroatoms. The number of nitrogens with zero attached hydrogens (tertiary/aromatic N) is 3. The lowest BCUT2D eigenvalue weighted by Gasteiger charge is -2.28. The first kappa shape index (κ1) is 25.6. The van der Waals surface area contributed by atoms with Crippen LogP contribution >= 0.6 is 0 Å². The van der Waals surface area contributed by atoms with E-state index in [0.29, 0.717) is 19.6 Å². The minimum Gasteiger partial charge on any atom is -0.457 e. The first-order valence-electron chi connectivity index (χ1n) is 12.5. The van der Waals surface area contributed by atoms with Crippen LogP contribution in [0.15, 0.2) is 113 Å². The number of rotatable bonds is 9. The standard InChI is InChI=1S/C30H30N4O3S/c1-38(35,36)17-15-31-19-23-6-5-7-26(18-23)34-16-14-24-20-32-21-30(29(24)22-34)33-25-10-12-28(13-11-25)37-27-8-3-2-4-9-27/h2-14,16,18,20,22,24,31H,15,17,19,21H2,1H3. The van der Waals surface area contributed by atoms with E-state index in [2.05, 4.69) is 45.8 Å². The van der Waals surface area contributed by atoms with Gasteiger partial charge in [0.05, 0.1) is 23.7 Å². The summed E-state index contributed by atoms with van der Waals surface area (Å²) in [5.74, 6) is 1.77. The third-order valence-electron chi connectivity index (χ3n) is 6.20. The van der Waals surface area contributed by atoms with Crippen LogP contribution in [0.25, 0.3) is 0 Å². The number of anilines is 1. The lowest BCUT2D eigenvalue weighted by atomic mass is 9.92. The molecule has 0 amide bonds. The molecule has 3 aromatic rings.